The third-order valence-electron chi connectivity index (χ3n) is 2.33. The fourth-order valence-electron chi connectivity index (χ4n) is 0.846. The molecule has 0 spiro atoms. The smallest absolute Gasteiger partial charge is 0.273 e. The Balaban J connectivity index is 2.43. The molecule has 0 aromatic carbocycles. The number of hydrogen-bond acceptors (Lipinski definition) is 3. The zero-order chi connectivity index (χ0) is 10.6. The van der Waals surface area contributed by atoms with Crippen molar-refractivity contribution in [3.63, 3.8) is 0 Å². The lowest BCUT2D eigenvalue weighted by Gasteiger charge is -2.22. The van der Waals surface area contributed by atoms with Gasteiger partial charge in [-0.2, -0.15) is 15.4 Å². The first-order chi connectivity index (χ1) is 6.55. The van der Waals surface area contributed by atoms with E-state index in [0.717, 1.165) is 6.42 Å². The van der Waals surface area contributed by atoms with Gasteiger partial charge in [0.05, 0.1) is 6.20 Å². The second-order valence-electron chi connectivity index (χ2n) is 4.06. The molecule has 1 rings (SSSR count). The molecule has 1 aromatic rings. The number of carbonyl (C=O) groups is 1. The Morgan fingerprint density at radius 3 is 2.86 bits per heavy atom. The van der Waals surface area contributed by atoms with Gasteiger partial charge in [0, 0.05) is 6.54 Å². The molecule has 78 valence electrons. The van der Waals surface area contributed by atoms with Crippen LogP contribution in [0.2, 0.25) is 0 Å². The van der Waals surface area contributed by atoms with Crippen molar-refractivity contribution in [1.29, 1.82) is 0 Å². The van der Waals surface area contributed by atoms with Crippen molar-refractivity contribution in [2.45, 2.75) is 27.2 Å². The van der Waals surface area contributed by atoms with Crippen LogP contribution >= 0.6 is 0 Å². The molecule has 0 atom stereocenters. The fourth-order valence-corrected chi connectivity index (χ4v) is 0.846. The Morgan fingerprint density at radius 1 is 1.64 bits per heavy atom. The average Bonchev–Trinajstić information content (AvgIpc) is 2.67. The summed E-state index contributed by atoms with van der Waals surface area (Å²) in [5.41, 5.74) is 0.455. The molecule has 0 aliphatic rings. The zero-order valence-corrected chi connectivity index (χ0v) is 8.79. The molecule has 5 heteroatoms. The van der Waals surface area contributed by atoms with Gasteiger partial charge in [-0.05, 0) is 11.8 Å². The second kappa shape index (κ2) is 4.21. The van der Waals surface area contributed by atoms with Gasteiger partial charge in [-0.1, -0.05) is 20.8 Å². The van der Waals surface area contributed by atoms with Crippen LogP contribution in [0.25, 0.3) is 0 Å². The van der Waals surface area contributed by atoms with Gasteiger partial charge in [0.2, 0.25) is 0 Å². The monoisotopic (exact) mass is 196 g/mol. The molecule has 1 heterocycles. The van der Waals surface area contributed by atoms with E-state index in [9.17, 15) is 4.79 Å². The van der Waals surface area contributed by atoms with Crippen LogP contribution in [0.1, 0.15) is 37.7 Å². The molecule has 14 heavy (non-hydrogen) atoms. The maximum atomic E-state index is 11.4. The first-order valence-electron chi connectivity index (χ1n) is 4.69. The van der Waals surface area contributed by atoms with Gasteiger partial charge in [0.25, 0.3) is 5.91 Å². The highest BCUT2D eigenvalue weighted by Gasteiger charge is 2.17. The molecule has 2 N–H and O–H groups in total. The van der Waals surface area contributed by atoms with Crippen LogP contribution in [0.4, 0.5) is 0 Å². The highest BCUT2D eigenvalue weighted by Crippen LogP contribution is 2.17. The number of nitrogens with one attached hydrogen (secondary N) is 2. The maximum Gasteiger partial charge on any atom is 0.273 e. The normalized spacial score (nSPS) is 11.4. The molecular weight excluding hydrogens is 180 g/mol. The number of aromatic nitrogens is 3. The van der Waals surface area contributed by atoms with E-state index in [0.29, 0.717) is 12.2 Å². The lowest BCUT2D eigenvalue weighted by Crippen LogP contribution is -2.33. The van der Waals surface area contributed by atoms with Crippen molar-refractivity contribution in [2.24, 2.45) is 5.41 Å². The Hall–Kier alpha value is -1.39. The quantitative estimate of drug-likeness (QED) is 0.753. The third kappa shape index (κ3) is 2.83. The van der Waals surface area contributed by atoms with E-state index >= 15 is 0 Å². The summed E-state index contributed by atoms with van der Waals surface area (Å²) in [5.74, 6) is -0.180. The summed E-state index contributed by atoms with van der Waals surface area (Å²) in [6.45, 7) is 6.96. The van der Waals surface area contributed by atoms with E-state index < -0.39 is 0 Å². The summed E-state index contributed by atoms with van der Waals surface area (Å²) >= 11 is 0. The minimum absolute atomic E-state index is 0.124. The van der Waals surface area contributed by atoms with Gasteiger partial charge >= 0.3 is 0 Å². The fraction of sp³-hybridized carbons (Fsp3) is 0.667. The number of rotatable bonds is 4. The van der Waals surface area contributed by atoms with E-state index in [1.165, 1.54) is 6.20 Å². The SMILES string of the molecule is CCC(C)(C)CNC(=O)c1cn[nH]n1. The molecule has 0 unspecified atom stereocenters. The molecule has 0 bridgehead atoms. The Kier molecular flexibility index (Phi) is 3.22. The molecule has 0 radical (unpaired) electrons. The van der Waals surface area contributed by atoms with Crippen LogP contribution < -0.4 is 5.32 Å². The summed E-state index contributed by atoms with van der Waals surface area (Å²) in [6.07, 6.45) is 2.43. The van der Waals surface area contributed by atoms with Crippen LogP contribution in [-0.2, 0) is 0 Å². The molecule has 1 aromatic heterocycles. The highest BCUT2D eigenvalue weighted by molar-refractivity contribution is 5.91. The number of nitrogens with zero attached hydrogens (tertiary/aromatic N) is 2. The van der Waals surface area contributed by atoms with Gasteiger partial charge in [-0.15, -0.1) is 0 Å². The first kappa shape index (κ1) is 10.7. The molecule has 0 aliphatic carbocycles. The molecule has 5 nitrogen and oxygen atoms in total. The van der Waals surface area contributed by atoms with Crippen molar-refractivity contribution in [2.75, 3.05) is 6.54 Å². The summed E-state index contributed by atoms with van der Waals surface area (Å²) < 4.78 is 0. The van der Waals surface area contributed by atoms with Crippen LogP contribution in [0.15, 0.2) is 6.20 Å². The van der Waals surface area contributed by atoms with Crippen molar-refractivity contribution >= 4 is 5.91 Å². The minimum atomic E-state index is -0.180. The number of H-pyrrole nitrogens is 1. The van der Waals surface area contributed by atoms with Crippen molar-refractivity contribution in [1.82, 2.24) is 20.7 Å². The van der Waals surface area contributed by atoms with Crippen LogP contribution in [0.5, 0.6) is 0 Å². The van der Waals surface area contributed by atoms with Gasteiger partial charge < -0.3 is 5.32 Å². The van der Waals surface area contributed by atoms with E-state index in [1.807, 2.05) is 0 Å². The van der Waals surface area contributed by atoms with Crippen LogP contribution in [0, 0.1) is 5.41 Å². The van der Waals surface area contributed by atoms with Crippen LogP contribution in [0.3, 0.4) is 0 Å². The lowest BCUT2D eigenvalue weighted by molar-refractivity contribution is 0.0930. The standard InChI is InChI=1S/C9H16N4O/c1-4-9(2,3)6-10-8(14)7-5-11-13-12-7/h5H,4,6H2,1-3H3,(H,10,14)(H,11,12,13). The number of carbonyl (C=O) groups excluding carboxylic acids is 1. The first-order valence-corrected chi connectivity index (χ1v) is 4.69. The van der Waals surface area contributed by atoms with Gasteiger partial charge in [0.15, 0.2) is 5.69 Å². The molecule has 0 aliphatic heterocycles. The average molecular weight is 196 g/mol. The molecule has 0 fully saturated rings. The highest BCUT2D eigenvalue weighted by atomic mass is 16.1. The Bertz CT molecular complexity index is 292. The van der Waals surface area contributed by atoms with E-state index in [4.69, 9.17) is 0 Å². The van der Waals surface area contributed by atoms with Crippen molar-refractivity contribution < 1.29 is 4.79 Å². The number of amides is 1. The summed E-state index contributed by atoms with van der Waals surface area (Å²) in [4.78, 5) is 11.4. The predicted octanol–water partition coefficient (Wildman–Crippen LogP) is 0.971. The minimum Gasteiger partial charge on any atom is -0.350 e. The summed E-state index contributed by atoms with van der Waals surface area (Å²) in [5, 5.41) is 12.5. The zero-order valence-electron chi connectivity index (χ0n) is 8.79. The van der Waals surface area contributed by atoms with Crippen molar-refractivity contribution in [3.05, 3.63) is 11.9 Å². The molecule has 0 saturated heterocycles. The van der Waals surface area contributed by atoms with Gasteiger partial charge in [-0.3, -0.25) is 4.79 Å². The van der Waals surface area contributed by atoms with Crippen LogP contribution in [-0.4, -0.2) is 27.9 Å². The Morgan fingerprint density at radius 2 is 2.36 bits per heavy atom. The third-order valence-corrected chi connectivity index (χ3v) is 2.33. The van der Waals surface area contributed by atoms with E-state index in [2.05, 4.69) is 41.5 Å². The van der Waals surface area contributed by atoms with E-state index in [-0.39, 0.29) is 11.3 Å². The largest absolute Gasteiger partial charge is 0.350 e. The van der Waals surface area contributed by atoms with Gasteiger partial charge in [0.1, 0.15) is 0 Å². The maximum absolute atomic E-state index is 11.4. The number of hydrogen-bond donors (Lipinski definition) is 2. The van der Waals surface area contributed by atoms with E-state index in [1.54, 1.807) is 0 Å². The van der Waals surface area contributed by atoms with Crippen molar-refractivity contribution in [3.8, 4) is 0 Å². The molecule has 0 saturated carbocycles. The topological polar surface area (TPSA) is 70.7 Å². The molecular formula is C9H16N4O. The number of aromatic amines is 1. The summed E-state index contributed by atoms with van der Waals surface area (Å²) in [7, 11) is 0. The summed E-state index contributed by atoms with van der Waals surface area (Å²) in [6, 6.07) is 0. The molecule has 1 amide bonds. The second-order valence-corrected chi connectivity index (χ2v) is 4.06. The lowest BCUT2D eigenvalue weighted by atomic mass is 9.90. The predicted molar refractivity (Wildman–Crippen MR) is 52.8 cm³/mol. The van der Waals surface area contributed by atoms with Gasteiger partial charge in [-0.25, -0.2) is 0 Å². The Labute approximate surface area is 83.3 Å².